The van der Waals surface area contributed by atoms with Gasteiger partial charge in [0.2, 0.25) is 0 Å². The smallest absolute Gasteiger partial charge is 0.543 e. The molecule has 2 aliphatic rings. The van der Waals surface area contributed by atoms with Crippen LogP contribution in [-0.2, 0) is 14.4 Å². The minimum atomic E-state index is -1.45. The van der Waals surface area contributed by atoms with Crippen molar-refractivity contribution in [1.82, 2.24) is 19.6 Å². The van der Waals surface area contributed by atoms with Gasteiger partial charge in [0.1, 0.15) is 22.1 Å². The number of nitrogens with one attached hydrogen (secondary N) is 1. The van der Waals surface area contributed by atoms with Gasteiger partial charge in [0.15, 0.2) is 10.8 Å². The molecule has 0 aliphatic carbocycles. The minimum absolute atomic E-state index is 0. The Balaban J connectivity index is 0.00000306. The molecule has 0 saturated carbocycles. The third-order valence-electron chi connectivity index (χ3n) is 4.61. The van der Waals surface area contributed by atoms with Gasteiger partial charge in [-0.05, 0) is 30.1 Å². The number of rotatable bonds is 7. The number of fused-ring (bicyclic) bond motifs is 1. The van der Waals surface area contributed by atoms with Crippen LogP contribution >= 0.6 is 46.4 Å². The summed E-state index contributed by atoms with van der Waals surface area (Å²) in [7, 11) is 0. The number of thioether (sulfide) groups is 2. The molecule has 0 bridgehead atoms. The number of aromatic nitrogens is 2. The summed E-state index contributed by atoms with van der Waals surface area (Å²) in [6.45, 7) is 1.93. The number of β-lactam (4-membered cyclic amide) rings is 1. The maximum Gasteiger partial charge on any atom is 1.00 e. The Kier molecular flexibility index (Phi) is 8.47. The van der Waals surface area contributed by atoms with Crippen molar-refractivity contribution in [3.8, 4) is 0 Å². The van der Waals surface area contributed by atoms with Crippen molar-refractivity contribution in [2.75, 3.05) is 17.2 Å². The molecule has 2 amide bonds. The SMILES string of the molecule is Cc1cc(SCC2=C(C(=O)[O-])N3C(=O)[C@@H](NC(=O)/C(=N\O)c4csc(N)n4)[C@@H]3SC2)ns1.[Na+]. The maximum absolute atomic E-state index is 12.7. The van der Waals surface area contributed by atoms with E-state index in [9.17, 15) is 24.7 Å². The normalized spacial score (nSPS) is 20.1. The molecule has 2 atom stereocenters. The fraction of sp³-hybridized carbons (Fsp3) is 0.294. The number of nitrogens with zero attached hydrogens (tertiary/aromatic N) is 4. The van der Waals surface area contributed by atoms with E-state index in [0.29, 0.717) is 17.1 Å². The Morgan fingerprint density at radius 1 is 1.48 bits per heavy atom. The number of nitrogens with two attached hydrogens (primary N) is 1. The summed E-state index contributed by atoms with van der Waals surface area (Å²) < 4.78 is 4.27. The number of carbonyl (C=O) groups excluding carboxylic acids is 3. The first-order valence-electron chi connectivity index (χ1n) is 8.98. The number of oxime groups is 1. The minimum Gasteiger partial charge on any atom is -0.543 e. The van der Waals surface area contributed by atoms with E-state index < -0.39 is 34.9 Å². The molecular formula is C17H15N6NaO5S4. The van der Waals surface area contributed by atoms with E-state index >= 15 is 0 Å². The Labute approximate surface area is 226 Å². The summed E-state index contributed by atoms with van der Waals surface area (Å²) in [5.41, 5.74) is 5.60. The van der Waals surface area contributed by atoms with E-state index in [1.54, 1.807) is 0 Å². The summed E-state index contributed by atoms with van der Waals surface area (Å²) in [4.78, 5) is 43.2. The maximum atomic E-state index is 12.7. The molecule has 0 aromatic carbocycles. The molecule has 1 fully saturated rings. The van der Waals surface area contributed by atoms with E-state index in [1.165, 1.54) is 40.4 Å². The van der Waals surface area contributed by atoms with Crippen LogP contribution in [0.1, 0.15) is 10.6 Å². The number of hydrogen-bond acceptors (Lipinski definition) is 13. The van der Waals surface area contributed by atoms with Gasteiger partial charge in [0, 0.05) is 21.8 Å². The van der Waals surface area contributed by atoms with Crippen molar-refractivity contribution < 1.29 is 54.3 Å². The van der Waals surface area contributed by atoms with Crippen LogP contribution in [0.2, 0.25) is 0 Å². The number of thiazole rings is 1. The number of anilines is 1. The van der Waals surface area contributed by atoms with Crippen molar-refractivity contribution in [1.29, 1.82) is 0 Å². The fourth-order valence-electron chi connectivity index (χ4n) is 3.17. The van der Waals surface area contributed by atoms with Crippen LogP contribution in [0, 0.1) is 6.92 Å². The van der Waals surface area contributed by atoms with Gasteiger partial charge in [-0.3, -0.25) is 14.5 Å². The molecule has 0 unspecified atom stereocenters. The zero-order chi connectivity index (χ0) is 23.0. The van der Waals surface area contributed by atoms with Gasteiger partial charge in [-0.15, -0.1) is 34.9 Å². The molecular weight excluding hydrogens is 519 g/mol. The van der Waals surface area contributed by atoms with Crippen LogP contribution in [0.4, 0.5) is 5.13 Å². The largest absolute Gasteiger partial charge is 1.00 e. The van der Waals surface area contributed by atoms with Crippen LogP contribution in [0.5, 0.6) is 0 Å². The topological polar surface area (TPSA) is 174 Å². The van der Waals surface area contributed by atoms with E-state index in [0.717, 1.165) is 26.1 Å². The summed E-state index contributed by atoms with van der Waals surface area (Å²) in [5.74, 6) is -2.16. The third kappa shape index (κ3) is 5.23. The number of aliphatic carboxylic acids is 1. The van der Waals surface area contributed by atoms with Crippen molar-refractivity contribution in [3.63, 3.8) is 0 Å². The van der Waals surface area contributed by atoms with Crippen molar-refractivity contribution in [3.05, 3.63) is 33.3 Å². The number of carbonyl (C=O) groups is 3. The monoisotopic (exact) mass is 534 g/mol. The third-order valence-corrected chi connectivity index (χ3v) is 8.43. The first-order valence-corrected chi connectivity index (χ1v) is 12.7. The molecule has 0 spiro atoms. The van der Waals surface area contributed by atoms with Crippen LogP contribution in [0.15, 0.2) is 32.9 Å². The average molecular weight is 535 g/mol. The molecule has 2 aromatic heterocycles. The van der Waals surface area contributed by atoms with Crippen LogP contribution in [0.3, 0.4) is 0 Å². The Morgan fingerprint density at radius 2 is 2.24 bits per heavy atom. The van der Waals surface area contributed by atoms with Gasteiger partial charge in [0.25, 0.3) is 11.8 Å². The Morgan fingerprint density at radius 3 is 2.82 bits per heavy atom. The van der Waals surface area contributed by atoms with Gasteiger partial charge in [-0.1, -0.05) is 5.16 Å². The predicted molar refractivity (Wildman–Crippen MR) is 119 cm³/mol. The number of carboxylic acid groups (broad SMARTS) is 1. The molecule has 4 N–H and O–H groups in total. The van der Waals surface area contributed by atoms with E-state index in [4.69, 9.17) is 5.73 Å². The molecule has 0 radical (unpaired) electrons. The number of carboxylic acids is 1. The van der Waals surface area contributed by atoms with Gasteiger partial charge >= 0.3 is 29.6 Å². The molecule has 4 heterocycles. The van der Waals surface area contributed by atoms with E-state index in [1.807, 2.05) is 13.0 Å². The van der Waals surface area contributed by atoms with Crippen molar-refractivity contribution in [2.24, 2.45) is 5.16 Å². The first-order chi connectivity index (χ1) is 15.3. The zero-order valence-electron chi connectivity index (χ0n) is 17.3. The fourth-order valence-corrected chi connectivity index (χ4v) is 6.87. The molecule has 1 saturated heterocycles. The van der Waals surface area contributed by atoms with E-state index in [2.05, 4.69) is 19.8 Å². The molecule has 4 rings (SSSR count). The predicted octanol–water partition coefficient (Wildman–Crippen LogP) is -3.13. The number of amides is 2. The van der Waals surface area contributed by atoms with Gasteiger partial charge in [-0.2, -0.15) is 4.37 Å². The molecule has 168 valence electrons. The van der Waals surface area contributed by atoms with Gasteiger partial charge in [0.05, 0.1) is 11.7 Å². The van der Waals surface area contributed by atoms with Crippen LogP contribution < -0.4 is 45.7 Å². The Bertz CT molecular complexity index is 1160. The number of nitrogen functional groups attached to an aromatic ring is 1. The standard InChI is InChI=1S/C17H16N6O5S4.Na/c1-6-2-9(22-32-6)29-3-7-4-30-15-11(14(25)23(15)12(7)16(26)27)20-13(24)10(21-28)8-5-31-17(18)19-8;/h2,5,11,15,28H,3-4H2,1H3,(H2,18,19)(H,20,24)(H,26,27);/q;+1/p-1/b21-10-;/t11-,15+;/m1./s1. The summed E-state index contributed by atoms with van der Waals surface area (Å²) in [5, 5.41) is 28.3. The molecule has 16 heteroatoms. The second kappa shape index (κ2) is 10.8. The summed E-state index contributed by atoms with van der Waals surface area (Å²) in [6.07, 6.45) is 0. The molecule has 11 nitrogen and oxygen atoms in total. The summed E-state index contributed by atoms with van der Waals surface area (Å²) in [6, 6.07) is 0.925. The second-order valence-electron chi connectivity index (χ2n) is 6.68. The van der Waals surface area contributed by atoms with Crippen molar-refractivity contribution in [2.45, 2.75) is 23.4 Å². The van der Waals surface area contributed by atoms with Crippen LogP contribution in [0.25, 0.3) is 0 Å². The quantitative estimate of drug-likeness (QED) is 0.0823. The number of hydrogen-bond donors (Lipinski definition) is 3. The van der Waals surface area contributed by atoms with Crippen LogP contribution in [-0.4, -0.2) is 65.9 Å². The Hall–Kier alpha value is -1.62. The van der Waals surface area contributed by atoms with Gasteiger partial charge < -0.3 is 26.2 Å². The first kappa shape index (κ1) is 26.0. The second-order valence-corrected chi connectivity index (χ2v) is 10.7. The average Bonchev–Trinajstić information content (AvgIpc) is 3.38. The number of aryl methyl sites for hydroxylation is 1. The molecule has 2 aromatic rings. The van der Waals surface area contributed by atoms with Gasteiger partial charge in [-0.25, -0.2) is 4.98 Å². The molecule has 2 aliphatic heterocycles. The van der Waals surface area contributed by atoms with E-state index in [-0.39, 0.29) is 46.1 Å². The molecule has 33 heavy (non-hydrogen) atoms. The zero-order valence-corrected chi connectivity index (χ0v) is 22.6. The summed E-state index contributed by atoms with van der Waals surface area (Å²) >= 11 is 5.13. The van der Waals surface area contributed by atoms with Crippen molar-refractivity contribution >= 4 is 75.0 Å².